The molecule has 0 saturated carbocycles. The number of benzene rings is 1. The molecule has 0 amide bonds. The molecule has 0 saturated heterocycles. The molecule has 0 bridgehead atoms. The second kappa shape index (κ2) is 5.70. The van der Waals surface area contributed by atoms with Crippen LogP contribution in [0.25, 0.3) is 0 Å². The van der Waals surface area contributed by atoms with Crippen molar-refractivity contribution < 1.29 is 15.3 Å². The molecular weight excluding hydrogens is 144 g/mol. The van der Waals surface area contributed by atoms with Crippen molar-refractivity contribution in [2.75, 3.05) is 13.2 Å². The smallest absolute Gasteiger partial charge is 0.119 e. The zero-order chi connectivity index (χ0) is 7.23. The summed E-state index contributed by atoms with van der Waals surface area (Å²) in [6, 6.07) is 9.43. The van der Waals surface area contributed by atoms with E-state index in [2.05, 4.69) is 0 Å². The molecule has 0 radical (unpaired) electrons. The molecule has 0 atom stereocenters. The third kappa shape index (κ3) is 3.60. The van der Waals surface area contributed by atoms with Gasteiger partial charge in [0.2, 0.25) is 0 Å². The molecule has 1 aromatic rings. The van der Waals surface area contributed by atoms with Crippen molar-refractivity contribution >= 4 is 0 Å². The van der Waals surface area contributed by atoms with Crippen LogP contribution < -0.4 is 4.74 Å². The number of ether oxygens (including phenoxy) is 1. The quantitative estimate of drug-likeness (QED) is 0.681. The number of hydrogen-bond donors (Lipinski definition) is 1. The van der Waals surface area contributed by atoms with Crippen LogP contribution in [0.2, 0.25) is 0 Å². The van der Waals surface area contributed by atoms with Gasteiger partial charge in [0.15, 0.2) is 0 Å². The molecular formula is C8H12O3. The van der Waals surface area contributed by atoms with E-state index in [1.165, 1.54) is 0 Å². The van der Waals surface area contributed by atoms with Crippen LogP contribution in [0, 0.1) is 0 Å². The van der Waals surface area contributed by atoms with Crippen molar-refractivity contribution in [1.82, 2.24) is 0 Å². The van der Waals surface area contributed by atoms with E-state index in [1.807, 2.05) is 30.3 Å². The molecule has 0 aliphatic carbocycles. The fourth-order valence-corrected chi connectivity index (χ4v) is 0.680. The Labute approximate surface area is 65.5 Å². The maximum Gasteiger partial charge on any atom is 0.119 e. The monoisotopic (exact) mass is 156 g/mol. The lowest BCUT2D eigenvalue weighted by Gasteiger charge is -2.01. The largest absolute Gasteiger partial charge is 0.491 e. The molecule has 11 heavy (non-hydrogen) atoms. The Bertz CT molecular complexity index is 174. The van der Waals surface area contributed by atoms with E-state index in [4.69, 9.17) is 9.84 Å². The highest BCUT2D eigenvalue weighted by Crippen LogP contribution is 2.06. The minimum Gasteiger partial charge on any atom is -0.491 e. The van der Waals surface area contributed by atoms with Crippen molar-refractivity contribution in [2.24, 2.45) is 0 Å². The molecule has 0 aromatic heterocycles. The first-order chi connectivity index (χ1) is 4.93. The fourth-order valence-electron chi connectivity index (χ4n) is 0.680. The Morgan fingerprint density at radius 3 is 2.36 bits per heavy atom. The van der Waals surface area contributed by atoms with Crippen LogP contribution in [-0.4, -0.2) is 23.8 Å². The minimum absolute atomic E-state index is 0. The van der Waals surface area contributed by atoms with Crippen LogP contribution in [0.15, 0.2) is 30.3 Å². The highest BCUT2D eigenvalue weighted by molar-refractivity contribution is 5.20. The van der Waals surface area contributed by atoms with E-state index in [0.717, 1.165) is 5.75 Å². The van der Waals surface area contributed by atoms with E-state index in [0.29, 0.717) is 6.61 Å². The number of rotatable bonds is 3. The summed E-state index contributed by atoms with van der Waals surface area (Å²) in [5, 5.41) is 8.40. The van der Waals surface area contributed by atoms with Crippen LogP contribution >= 0.6 is 0 Å². The summed E-state index contributed by atoms with van der Waals surface area (Å²) in [7, 11) is 0. The van der Waals surface area contributed by atoms with Gasteiger partial charge in [0.1, 0.15) is 12.4 Å². The van der Waals surface area contributed by atoms with Gasteiger partial charge in [0.05, 0.1) is 6.61 Å². The maximum absolute atomic E-state index is 8.40. The Morgan fingerprint density at radius 2 is 1.82 bits per heavy atom. The molecule has 3 nitrogen and oxygen atoms in total. The lowest BCUT2D eigenvalue weighted by atomic mass is 10.3. The van der Waals surface area contributed by atoms with Crippen molar-refractivity contribution in [1.29, 1.82) is 0 Å². The fraction of sp³-hybridized carbons (Fsp3) is 0.250. The van der Waals surface area contributed by atoms with Gasteiger partial charge in [-0.15, -0.1) is 0 Å². The molecule has 3 heteroatoms. The minimum atomic E-state index is 0. The molecule has 0 fully saturated rings. The van der Waals surface area contributed by atoms with Gasteiger partial charge in [0, 0.05) is 0 Å². The predicted octanol–water partition coefficient (Wildman–Crippen LogP) is 0.233. The van der Waals surface area contributed by atoms with Gasteiger partial charge in [-0.1, -0.05) is 18.2 Å². The third-order valence-electron chi connectivity index (χ3n) is 1.10. The second-order valence-corrected chi connectivity index (χ2v) is 1.89. The lowest BCUT2D eigenvalue weighted by Crippen LogP contribution is -2.00. The predicted molar refractivity (Wildman–Crippen MR) is 42.6 cm³/mol. The number of aliphatic hydroxyl groups excluding tert-OH is 1. The van der Waals surface area contributed by atoms with E-state index in [-0.39, 0.29) is 12.1 Å². The van der Waals surface area contributed by atoms with Crippen molar-refractivity contribution in [3.05, 3.63) is 30.3 Å². The molecule has 0 heterocycles. The zero-order valence-corrected chi connectivity index (χ0v) is 6.16. The van der Waals surface area contributed by atoms with E-state index in [1.54, 1.807) is 0 Å². The Morgan fingerprint density at radius 1 is 1.18 bits per heavy atom. The first-order valence-electron chi connectivity index (χ1n) is 3.22. The summed E-state index contributed by atoms with van der Waals surface area (Å²) in [6.07, 6.45) is 0. The van der Waals surface area contributed by atoms with E-state index >= 15 is 0 Å². The Kier molecular flexibility index (Phi) is 5.15. The zero-order valence-electron chi connectivity index (χ0n) is 6.16. The van der Waals surface area contributed by atoms with Crippen LogP contribution in [-0.2, 0) is 0 Å². The van der Waals surface area contributed by atoms with Crippen molar-refractivity contribution in [3.63, 3.8) is 0 Å². The summed E-state index contributed by atoms with van der Waals surface area (Å²) in [6.45, 7) is 0.429. The normalized spacial score (nSPS) is 8.45. The van der Waals surface area contributed by atoms with Gasteiger partial charge in [-0.05, 0) is 12.1 Å². The highest BCUT2D eigenvalue weighted by atomic mass is 16.5. The van der Waals surface area contributed by atoms with Crippen molar-refractivity contribution in [2.45, 2.75) is 0 Å². The molecule has 0 aliphatic rings. The molecule has 3 N–H and O–H groups in total. The molecule has 1 aromatic carbocycles. The highest BCUT2D eigenvalue weighted by Gasteiger charge is 1.86. The van der Waals surface area contributed by atoms with Crippen molar-refractivity contribution in [3.8, 4) is 5.75 Å². The van der Waals surface area contributed by atoms with Crippen LogP contribution in [0.4, 0.5) is 0 Å². The molecule has 1 rings (SSSR count). The average Bonchev–Trinajstić information content (AvgIpc) is 2.03. The van der Waals surface area contributed by atoms with E-state index in [9.17, 15) is 0 Å². The van der Waals surface area contributed by atoms with Gasteiger partial charge >= 0.3 is 0 Å². The SMILES string of the molecule is O.OCCOc1ccccc1. The van der Waals surface area contributed by atoms with Gasteiger partial charge in [-0.25, -0.2) is 0 Å². The first kappa shape index (κ1) is 9.94. The average molecular weight is 156 g/mol. The van der Waals surface area contributed by atoms with Gasteiger partial charge in [0.25, 0.3) is 0 Å². The summed E-state index contributed by atoms with van der Waals surface area (Å²) >= 11 is 0. The summed E-state index contributed by atoms with van der Waals surface area (Å²) < 4.78 is 5.11. The summed E-state index contributed by atoms with van der Waals surface area (Å²) in [5.74, 6) is 0.802. The van der Waals surface area contributed by atoms with E-state index < -0.39 is 0 Å². The maximum atomic E-state index is 8.40. The summed E-state index contributed by atoms with van der Waals surface area (Å²) in [5.41, 5.74) is 0. The Balaban J connectivity index is 0.000001000. The van der Waals surface area contributed by atoms with Gasteiger partial charge in [-0.2, -0.15) is 0 Å². The lowest BCUT2D eigenvalue weighted by molar-refractivity contribution is 0.201. The van der Waals surface area contributed by atoms with Gasteiger partial charge in [-0.3, -0.25) is 0 Å². The third-order valence-corrected chi connectivity index (χ3v) is 1.10. The van der Waals surface area contributed by atoms with Crippen LogP contribution in [0.3, 0.4) is 0 Å². The van der Waals surface area contributed by atoms with Crippen LogP contribution in [0.1, 0.15) is 0 Å². The van der Waals surface area contributed by atoms with Crippen LogP contribution in [0.5, 0.6) is 5.75 Å². The second-order valence-electron chi connectivity index (χ2n) is 1.89. The first-order valence-corrected chi connectivity index (χ1v) is 3.22. The topological polar surface area (TPSA) is 61.0 Å². The Hall–Kier alpha value is -1.06. The number of para-hydroxylation sites is 1. The molecule has 0 aliphatic heterocycles. The molecule has 0 spiro atoms. The number of aliphatic hydroxyl groups is 1. The molecule has 62 valence electrons. The van der Waals surface area contributed by atoms with Gasteiger partial charge < -0.3 is 15.3 Å². The molecule has 0 unspecified atom stereocenters. The standard InChI is InChI=1S/C8H10O2.H2O/c9-6-7-10-8-4-2-1-3-5-8;/h1-5,9H,6-7H2;1H2. The summed E-state index contributed by atoms with van der Waals surface area (Å²) in [4.78, 5) is 0. The number of hydrogen-bond acceptors (Lipinski definition) is 2.